The van der Waals surface area contributed by atoms with Crippen molar-refractivity contribution in [3.8, 4) is 0 Å². The van der Waals surface area contributed by atoms with E-state index < -0.39 is 42.5 Å². The van der Waals surface area contributed by atoms with Crippen LogP contribution in [0.25, 0.3) is 0 Å². The first kappa shape index (κ1) is 18.4. The van der Waals surface area contributed by atoms with Gasteiger partial charge in [0.15, 0.2) is 18.5 Å². The predicted octanol–water partition coefficient (Wildman–Crippen LogP) is 0.300. The molecule has 22 heavy (non-hydrogen) atoms. The van der Waals surface area contributed by atoms with Crippen molar-refractivity contribution >= 4 is 17.9 Å². The number of hydrogen-bond acceptors (Lipinski definition) is 8. The Kier molecular flexibility index (Phi) is 7.26. The van der Waals surface area contributed by atoms with Gasteiger partial charge in [-0.2, -0.15) is 0 Å². The molecule has 0 aromatic heterocycles. The monoisotopic (exact) mass is 318 g/mol. The molecule has 1 heterocycles. The molecule has 1 unspecified atom stereocenters. The van der Waals surface area contributed by atoms with Crippen molar-refractivity contribution in [3.05, 3.63) is 0 Å². The Hall–Kier alpha value is -1.67. The topological polar surface area (TPSA) is 108 Å². The lowest BCUT2D eigenvalue weighted by Crippen LogP contribution is -2.41. The molecule has 1 N–H and O–H groups in total. The molecule has 0 amide bonds. The minimum Gasteiger partial charge on any atom is -0.463 e. The largest absolute Gasteiger partial charge is 0.463 e. The van der Waals surface area contributed by atoms with Gasteiger partial charge in [-0.1, -0.05) is 20.8 Å². The van der Waals surface area contributed by atoms with Crippen molar-refractivity contribution in [2.75, 3.05) is 6.61 Å². The van der Waals surface area contributed by atoms with Crippen molar-refractivity contribution in [1.29, 1.82) is 0 Å². The Morgan fingerprint density at radius 2 is 1.41 bits per heavy atom. The van der Waals surface area contributed by atoms with Crippen LogP contribution in [0.3, 0.4) is 0 Å². The maximum Gasteiger partial charge on any atom is 0.306 e. The maximum atomic E-state index is 11.5. The minimum absolute atomic E-state index is 0.104. The lowest BCUT2D eigenvalue weighted by Gasteiger charge is -2.22. The first-order valence-corrected chi connectivity index (χ1v) is 7.30. The van der Waals surface area contributed by atoms with Gasteiger partial charge in [0, 0.05) is 19.3 Å². The standard InChI is InChI=1S/C14H22O8/c1-4-9(15)19-7-8-12(21-10(16)5-2)13(14(18)20-8)22-11(17)6-3/h8,12-14,18H,4-7H2,1-3H3/t8-,12-,13-,14?/m1/s1. The summed E-state index contributed by atoms with van der Waals surface area (Å²) in [5, 5.41) is 9.85. The Labute approximate surface area is 128 Å². The van der Waals surface area contributed by atoms with E-state index in [1.807, 2.05) is 0 Å². The fourth-order valence-electron chi connectivity index (χ4n) is 1.86. The van der Waals surface area contributed by atoms with Crippen LogP contribution in [-0.2, 0) is 33.3 Å². The van der Waals surface area contributed by atoms with Gasteiger partial charge in [-0.3, -0.25) is 14.4 Å². The van der Waals surface area contributed by atoms with Gasteiger partial charge >= 0.3 is 17.9 Å². The number of ether oxygens (including phenoxy) is 4. The van der Waals surface area contributed by atoms with Gasteiger partial charge in [-0.15, -0.1) is 0 Å². The molecule has 4 atom stereocenters. The van der Waals surface area contributed by atoms with Gasteiger partial charge in [0.1, 0.15) is 12.7 Å². The van der Waals surface area contributed by atoms with E-state index >= 15 is 0 Å². The number of aliphatic hydroxyl groups is 1. The highest BCUT2D eigenvalue weighted by molar-refractivity contribution is 5.70. The summed E-state index contributed by atoms with van der Waals surface area (Å²) in [5.41, 5.74) is 0. The summed E-state index contributed by atoms with van der Waals surface area (Å²) in [6, 6.07) is 0. The van der Waals surface area contributed by atoms with Crippen LogP contribution in [0.5, 0.6) is 0 Å². The molecule has 0 aromatic carbocycles. The number of aliphatic hydroxyl groups excluding tert-OH is 1. The number of carbonyl (C=O) groups excluding carboxylic acids is 3. The Bertz CT molecular complexity index is 408. The van der Waals surface area contributed by atoms with E-state index in [1.165, 1.54) is 0 Å². The first-order chi connectivity index (χ1) is 10.4. The van der Waals surface area contributed by atoms with Crippen LogP contribution in [0, 0.1) is 0 Å². The molecule has 0 saturated carbocycles. The fraction of sp³-hybridized carbons (Fsp3) is 0.786. The fourth-order valence-corrected chi connectivity index (χ4v) is 1.86. The van der Waals surface area contributed by atoms with E-state index in [2.05, 4.69) is 0 Å². The van der Waals surface area contributed by atoms with Gasteiger partial charge < -0.3 is 24.1 Å². The van der Waals surface area contributed by atoms with Gasteiger partial charge in [0.05, 0.1) is 0 Å². The lowest BCUT2D eigenvalue weighted by molar-refractivity contribution is -0.176. The quantitative estimate of drug-likeness (QED) is 0.527. The summed E-state index contributed by atoms with van der Waals surface area (Å²) in [7, 11) is 0. The normalized spacial score (nSPS) is 27.3. The molecule has 1 fully saturated rings. The number of rotatable bonds is 7. The predicted molar refractivity (Wildman–Crippen MR) is 72.5 cm³/mol. The third kappa shape index (κ3) is 4.96. The Morgan fingerprint density at radius 1 is 0.909 bits per heavy atom. The zero-order valence-corrected chi connectivity index (χ0v) is 12.9. The van der Waals surface area contributed by atoms with E-state index in [0.717, 1.165) is 0 Å². The molecule has 0 radical (unpaired) electrons. The molecule has 0 aliphatic carbocycles. The summed E-state index contributed by atoms with van der Waals surface area (Å²) < 4.78 is 20.4. The average molecular weight is 318 g/mol. The molecule has 1 aliphatic heterocycles. The summed E-state index contributed by atoms with van der Waals surface area (Å²) in [6.07, 6.45) is -4.11. The highest BCUT2D eigenvalue weighted by Crippen LogP contribution is 2.26. The molecule has 1 saturated heterocycles. The van der Waals surface area contributed by atoms with Gasteiger partial charge in [0.2, 0.25) is 0 Å². The van der Waals surface area contributed by atoms with E-state index in [4.69, 9.17) is 18.9 Å². The lowest BCUT2D eigenvalue weighted by atomic mass is 10.1. The second kappa shape index (κ2) is 8.70. The first-order valence-electron chi connectivity index (χ1n) is 7.30. The van der Waals surface area contributed by atoms with Crippen LogP contribution in [0.2, 0.25) is 0 Å². The summed E-state index contributed by atoms with van der Waals surface area (Å²) in [6.45, 7) is 4.63. The van der Waals surface area contributed by atoms with Gasteiger partial charge in [0.25, 0.3) is 0 Å². The van der Waals surface area contributed by atoms with E-state index in [9.17, 15) is 19.5 Å². The van der Waals surface area contributed by atoms with Crippen molar-refractivity contribution in [1.82, 2.24) is 0 Å². The number of esters is 3. The van der Waals surface area contributed by atoms with Crippen molar-refractivity contribution in [2.45, 2.75) is 64.6 Å². The molecule has 1 aliphatic rings. The zero-order chi connectivity index (χ0) is 16.7. The third-order valence-electron chi connectivity index (χ3n) is 3.10. The smallest absolute Gasteiger partial charge is 0.306 e. The summed E-state index contributed by atoms with van der Waals surface area (Å²) >= 11 is 0. The van der Waals surface area contributed by atoms with Crippen molar-refractivity contribution < 1.29 is 38.4 Å². The minimum atomic E-state index is -1.45. The molecule has 0 aromatic rings. The Balaban J connectivity index is 2.79. The van der Waals surface area contributed by atoms with E-state index in [1.54, 1.807) is 20.8 Å². The molecular weight excluding hydrogens is 296 g/mol. The average Bonchev–Trinajstić information content (AvgIpc) is 2.80. The van der Waals surface area contributed by atoms with Crippen LogP contribution in [0.1, 0.15) is 40.0 Å². The molecule has 0 spiro atoms. The van der Waals surface area contributed by atoms with E-state index in [-0.39, 0.29) is 25.9 Å². The van der Waals surface area contributed by atoms with Crippen LogP contribution in [0.4, 0.5) is 0 Å². The third-order valence-corrected chi connectivity index (χ3v) is 3.10. The number of carbonyl (C=O) groups is 3. The second-order valence-corrected chi connectivity index (χ2v) is 4.72. The van der Waals surface area contributed by atoms with Crippen molar-refractivity contribution in [2.24, 2.45) is 0 Å². The molecule has 126 valence electrons. The highest BCUT2D eigenvalue weighted by Gasteiger charge is 2.49. The maximum absolute atomic E-state index is 11.5. The molecular formula is C14H22O8. The SMILES string of the molecule is CCC(=O)OC[C@H]1OC(O)[C@H](OC(=O)CC)[C@@H]1OC(=O)CC. The van der Waals surface area contributed by atoms with Crippen LogP contribution < -0.4 is 0 Å². The summed E-state index contributed by atoms with van der Waals surface area (Å²) in [4.78, 5) is 34.1. The van der Waals surface area contributed by atoms with Crippen LogP contribution >= 0.6 is 0 Å². The highest BCUT2D eigenvalue weighted by atomic mass is 16.7. The van der Waals surface area contributed by atoms with Crippen molar-refractivity contribution in [3.63, 3.8) is 0 Å². The second-order valence-electron chi connectivity index (χ2n) is 4.72. The van der Waals surface area contributed by atoms with Crippen LogP contribution in [-0.4, -0.2) is 54.2 Å². The molecule has 8 nitrogen and oxygen atoms in total. The molecule has 0 bridgehead atoms. The van der Waals surface area contributed by atoms with E-state index in [0.29, 0.717) is 0 Å². The molecule has 8 heteroatoms. The van der Waals surface area contributed by atoms with Crippen LogP contribution in [0.15, 0.2) is 0 Å². The van der Waals surface area contributed by atoms with Gasteiger partial charge in [-0.25, -0.2) is 0 Å². The summed E-state index contributed by atoms with van der Waals surface area (Å²) in [5.74, 6) is -1.55. The van der Waals surface area contributed by atoms with Gasteiger partial charge in [-0.05, 0) is 0 Å². The zero-order valence-electron chi connectivity index (χ0n) is 12.9. The Morgan fingerprint density at radius 3 is 1.91 bits per heavy atom. The number of hydrogen-bond donors (Lipinski definition) is 1. The molecule has 1 rings (SSSR count).